The standard InChI is InChI=1S/C13H16O5/c1-9(13(14)15-2)16-7-10-8-17-11-5-3-4-6-12(11)18-10/h3-6,9-10H,7-8H2,1-2H3/t9-,10+/m1/s1. The Morgan fingerprint density at radius 3 is 2.89 bits per heavy atom. The highest BCUT2D eigenvalue weighted by Crippen LogP contribution is 2.30. The van der Waals surface area contributed by atoms with Crippen molar-refractivity contribution in [1.82, 2.24) is 0 Å². The van der Waals surface area contributed by atoms with E-state index < -0.39 is 12.1 Å². The Balaban J connectivity index is 1.85. The quantitative estimate of drug-likeness (QED) is 0.758. The van der Waals surface area contributed by atoms with E-state index in [1.54, 1.807) is 6.92 Å². The molecular formula is C13H16O5. The summed E-state index contributed by atoms with van der Waals surface area (Å²) in [5.74, 6) is 1.03. The highest BCUT2D eigenvalue weighted by Gasteiger charge is 2.23. The zero-order valence-electron chi connectivity index (χ0n) is 10.4. The molecular weight excluding hydrogens is 236 g/mol. The van der Waals surface area contributed by atoms with E-state index in [4.69, 9.17) is 14.2 Å². The molecule has 0 bridgehead atoms. The summed E-state index contributed by atoms with van der Waals surface area (Å²) in [6.45, 7) is 2.33. The predicted molar refractivity (Wildman–Crippen MR) is 63.8 cm³/mol. The van der Waals surface area contributed by atoms with E-state index in [-0.39, 0.29) is 12.7 Å². The maximum absolute atomic E-state index is 11.2. The van der Waals surface area contributed by atoms with Crippen LogP contribution in [0, 0.1) is 0 Å². The Morgan fingerprint density at radius 1 is 1.44 bits per heavy atom. The minimum Gasteiger partial charge on any atom is -0.486 e. The van der Waals surface area contributed by atoms with Crippen LogP contribution in [0.2, 0.25) is 0 Å². The summed E-state index contributed by atoms with van der Waals surface area (Å²) >= 11 is 0. The van der Waals surface area contributed by atoms with E-state index in [2.05, 4.69) is 4.74 Å². The predicted octanol–water partition coefficient (Wildman–Crippen LogP) is 1.40. The van der Waals surface area contributed by atoms with E-state index in [9.17, 15) is 4.79 Å². The molecule has 0 aliphatic carbocycles. The molecule has 18 heavy (non-hydrogen) atoms. The van der Waals surface area contributed by atoms with Crippen LogP contribution in [-0.2, 0) is 14.3 Å². The van der Waals surface area contributed by atoms with Gasteiger partial charge in [0.05, 0.1) is 13.7 Å². The summed E-state index contributed by atoms with van der Waals surface area (Å²) in [6.07, 6.45) is -0.817. The molecule has 1 aliphatic heterocycles. The molecule has 2 atom stereocenters. The van der Waals surface area contributed by atoms with Gasteiger partial charge in [0.1, 0.15) is 6.61 Å². The second-order valence-electron chi connectivity index (χ2n) is 4.00. The van der Waals surface area contributed by atoms with E-state index >= 15 is 0 Å². The van der Waals surface area contributed by atoms with Crippen molar-refractivity contribution in [3.8, 4) is 11.5 Å². The van der Waals surface area contributed by atoms with Crippen molar-refractivity contribution < 1.29 is 23.7 Å². The van der Waals surface area contributed by atoms with Crippen molar-refractivity contribution in [2.75, 3.05) is 20.3 Å². The Kier molecular flexibility index (Phi) is 4.04. The first kappa shape index (κ1) is 12.7. The van der Waals surface area contributed by atoms with Crippen LogP contribution in [0.3, 0.4) is 0 Å². The van der Waals surface area contributed by atoms with Gasteiger partial charge in [-0.05, 0) is 19.1 Å². The lowest BCUT2D eigenvalue weighted by Crippen LogP contribution is -2.36. The zero-order chi connectivity index (χ0) is 13.0. The first-order valence-electron chi connectivity index (χ1n) is 5.78. The molecule has 5 heteroatoms. The zero-order valence-corrected chi connectivity index (χ0v) is 10.4. The number of ether oxygens (including phenoxy) is 4. The van der Waals surface area contributed by atoms with Gasteiger partial charge in [0.15, 0.2) is 23.7 Å². The maximum Gasteiger partial charge on any atom is 0.334 e. The van der Waals surface area contributed by atoms with E-state index in [0.29, 0.717) is 12.4 Å². The highest BCUT2D eigenvalue weighted by molar-refractivity contribution is 5.73. The molecule has 1 aliphatic rings. The van der Waals surface area contributed by atoms with Gasteiger partial charge in [-0.3, -0.25) is 0 Å². The van der Waals surface area contributed by atoms with Crippen molar-refractivity contribution in [3.63, 3.8) is 0 Å². The van der Waals surface area contributed by atoms with Crippen molar-refractivity contribution >= 4 is 5.97 Å². The van der Waals surface area contributed by atoms with Gasteiger partial charge >= 0.3 is 5.97 Å². The lowest BCUT2D eigenvalue weighted by Gasteiger charge is -2.26. The van der Waals surface area contributed by atoms with Crippen LogP contribution in [-0.4, -0.2) is 38.5 Å². The molecule has 0 spiro atoms. The molecule has 0 saturated heterocycles. The fourth-order valence-electron chi connectivity index (χ4n) is 1.63. The Bertz CT molecular complexity index is 418. The molecule has 0 saturated carbocycles. The first-order chi connectivity index (χ1) is 8.70. The van der Waals surface area contributed by atoms with Crippen LogP contribution >= 0.6 is 0 Å². The van der Waals surface area contributed by atoms with Gasteiger partial charge < -0.3 is 18.9 Å². The average Bonchev–Trinajstić information content (AvgIpc) is 2.43. The number of esters is 1. The van der Waals surface area contributed by atoms with Crippen molar-refractivity contribution in [1.29, 1.82) is 0 Å². The summed E-state index contributed by atoms with van der Waals surface area (Å²) in [5, 5.41) is 0. The van der Waals surface area contributed by atoms with Gasteiger partial charge in [-0.2, -0.15) is 0 Å². The lowest BCUT2D eigenvalue weighted by molar-refractivity contribution is -0.154. The van der Waals surface area contributed by atoms with Crippen LogP contribution in [0.25, 0.3) is 0 Å². The van der Waals surface area contributed by atoms with Crippen LogP contribution in [0.5, 0.6) is 11.5 Å². The van der Waals surface area contributed by atoms with Gasteiger partial charge in [0.25, 0.3) is 0 Å². The topological polar surface area (TPSA) is 54.0 Å². The van der Waals surface area contributed by atoms with Crippen molar-refractivity contribution in [2.24, 2.45) is 0 Å². The summed E-state index contributed by atoms with van der Waals surface area (Å²) in [5.41, 5.74) is 0. The number of para-hydroxylation sites is 2. The largest absolute Gasteiger partial charge is 0.486 e. The normalized spacial score (nSPS) is 19.1. The highest BCUT2D eigenvalue weighted by atomic mass is 16.6. The fourth-order valence-corrected chi connectivity index (χ4v) is 1.63. The molecule has 0 unspecified atom stereocenters. The third kappa shape index (κ3) is 2.92. The number of benzene rings is 1. The monoisotopic (exact) mass is 252 g/mol. The molecule has 5 nitrogen and oxygen atoms in total. The molecule has 0 radical (unpaired) electrons. The maximum atomic E-state index is 11.2. The minimum absolute atomic E-state index is 0.216. The minimum atomic E-state index is -0.601. The third-order valence-corrected chi connectivity index (χ3v) is 2.63. The van der Waals surface area contributed by atoms with Gasteiger partial charge in [-0.25, -0.2) is 4.79 Å². The molecule has 0 amide bonds. The van der Waals surface area contributed by atoms with Crippen molar-refractivity contribution in [3.05, 3.63) is 24.3 Å². The van der Waals surface area contributed by atoms with E-state index in [1.807, 2.05) is 24.3 Å². The van der Waals surface area contributed by atoms with E-state index in [0.717, 1.165) is 5.75 Å². The second-order valence-corrected chi connectivity index (χ2v) is 4.00. The van der Waals surface area contributed by atoms with Gasteiger partial charge in [-0.1, -0.05) is 12.1 Å². The Morgan fingerprint density at radius 2 is 2.17 bits per heavy atom. The Hall–Kier alpha value is -1.75. The molecule has 1 aromatic carbocycles. The third-order valence-electron chi connectivity index (χ3n) is 2.63. The SMILES string of the molecule is COC(=O)[C@@H](C)OC[C@H]1COc2ccccc2O1. The number of hydrogen-bond donors (Lipinski definition) is 0. The second kappa shape index (κ2) is 5.73. The van der Waals surface area contributed by atoms with Gasteiger partial charge in [0.2, 0.25) is 0 Å². The number of hydrogen-bond acceptors (Lipinski definition) is 5. The summed E-state index contributed by atoms with van der Waals surface area (Å²) in [7, 11) is 1.33. The molecule has 0 N–H and O–H groups in total. The first-order valence-corrected chi connectivity index (χ1v) is 5.78. The lowest BCUT2D eigenvalue weighted by atomic mass is 10.2. The molecule has 2 rings (SSSR count). The van der Waals surface area contributed by atoms with Gasteiger partial charge in [-0.15, -0.1) is 0 Å². The van der Waals surface area contributed by atoms with E-state index in [1.165, 1.54) is 7.11 Å². The number of carbonyl (C=O) groups is 1. The van der Waals surface area contributed by atoms with Crippen LogP contribution < -0.4 is 9.47 Å². The molecule has 1 aromatic rings. The number of carbonyl (C=O) groups excluding carboxylic acids is 1. The molecule has 98 valence electrons. The fraction of sp³-hybridized carbons (Fsp3) is 0.462. The molecule has 1 heterocycles. The smallest absolute Gasteiger partial charge is 0.334 e. The van der Waals surface area contributed by atoms with Crippen molar-refractivity contribution in [2.45, 2.75) is 19.1 Å². The summed E-state index contributed by atoms with van der Waals surface area (Å²) in [4.78, 5) is 11.2. The molecule has 0 fully saturated rings. The number of fused-ring (bicyclic) bond motifs is 1. The van der Waals surface area contributed by atoms with Crippen LogP contribution in [0.15, 0.2) is 24.3 Å². The number of methoxy groups -OCH3 is 1. The molecule has 0 aromatic heterocycles. The Labute approximate surface area is 106 Å². The number of rotatable bonds is 4. The summed E-state index contributed by atoms with van der Waals surface area (Å²) < 4.78 is 21.2. The average molecular weight is 252 g/mol. The summed E-state index contributed by atoms with van der Waals surface area (Å²) in [6, 6.07) is 7.45. The van der Waals surface area contributed by atoms with Crippen LogP contribution in [0.1, 0.15) is 6.92 Å². The van der Waals surface area contributed by atoms with Crippen LogP contribution in [0.4, 0.5) is 0 Å². The van der Waals surface area contributed by atoms with Gasteiger partial charge in [0, 0.05) is 0 Å².